The number of rotatable bonds is 6. The normalized spacial score (nSPS) is 14.9. The number of morpholine rings is 1. The lowest BCUT2D eigenvalue weighted by atomic mass is 10.0. The van der Waals surface area contributed by atoms with E-state index in [-0.39, 0.29) is 16.1 Å². The summed E-state index contributed by atoms with van der Waals surface area (Å²) in [6, 6.07) is 11.2. The summed E-state index contributed by atoms with van der Waals surface area (Å²) in [4.78, 5) is 13.5. The third-order valence-electron chi connectivity index (χ3n) is 4.70. The molecule has 150 valence electrons. The van der Waals surface area contributed by atoms with Crippen molar-refractivity contribution in [3.05, 3.63) is 53.6 Å². The monoisotopic (exact) mass is 404 g/mol. The lowest BCUT2D eigenvalue weighted by molar-refractivity contribution is 0.0697. The Morgan fingerprint density at radius 2 is 1.75 bits per heavy atom. The van der Waals surface area contributed by atoms with E-state index in [2.05, 4.69) is 4.72 Å². The highest BCUT2D eigenvalue weighted by atomic mass is 32.2. The average Bonchev–Trinajstić information content (AvgIpc) is 2.68. The third kappa shape index (κ3) is 4.45. The van der Waals surface area contributed by atoms with Gasteiger partial charge in [0.25, 0.3) is 10.0 Å². The van der Waals surface area contributed by atoms with Gasteiger partial charge in [-0.3, -0.25) is 4.72 Å². The van der Waals surface area contributed by atoms with Crippen molar-refractivity contribution >= 4 is 27.4 Å². The molecule has 2 aromatic carbocycles. The van der Waals surface area contributed by atoms with Crippen molar-refractivity contribution in [3.63, 3.8) is 0 Å². The molecule has 1 aliphatic heterocycles. The van der Waals surface area contributed by atoms with Crippen LogP contribution in [0.25, 0.3) is 0 Å². The van der Waals surface area contributed by atoms with Gasteiger partial charge in [0, 0.05) is 13.1 Å². The van der Waals surface area contributed by atoms with Crippen LogP contribution < -0.4 is 9.62 Å². The maximum absolute atomic E-state index is 12.9. The molecule has 0 unspecified atom stereocenters. The van der Waals surface area contributed by atoms with Crippen molar-refractivity contribution in [1.82, 2.24) is 0 Å². The van der Waals surface area contributed by atoms with Gasteiger partial charge < -0.3 is 14.7 Å². The molecule has 0 spiro atoms. The summed E-state index contributed by atoms with van der Waals surface area (Å²) in [6.45, 7) is 6.34. The van der Waals surface area contributed by atoms with Gasteiger partial charge in [-0.25, -0.2) is 13.2 Å². The molecule has 0 atom stereocenters. The molecule has 0 amide bonds. The first kappa shape index (κ1) is 20.2. The van der Waals surface area contributed by atoms with E-state index in [1.54, 1.807) is 30.3 Å². The van der Waals surface area contributed by atoms with Gasteiger partial charge in [0.1, 0.15) is 0 Å². The number of sulfonamides is 1. The quantitative estimate of drug-likeness (QED) is 0.768. The van der Waals surface area contributed by atoms with Crippen LogP contribution in [0.3, 0.4) is 0 Å². The maximum atomic E-state index is 12.9. The number of benzene rings is 2. The predicted octanol–water partition coefficient (Wildman–Crippen LogP) is 3.15. The first-order chi connectivity index (χ1) is 13.3. The van der Waals surface area contributed by atoms with Crippen molar-refractivity contribution in [2.75, 3.05) is 35.9 Å². The summed E-state index contributed by atoms with van der Waals surface area (Å²) < 4.78 is 33.7. The molecule has 3 rings (SSSR count). The second-order valence-corrected chi connectivity index (χ2v) is 8.65. The minimum atomic E-state index is -3.86. The van der Waals surface area contributed by atoms with Crippen LogP contribution in [0.2, 0.25) is 0 Å². The third-order valence-corrected chi connectivity index (χ3v) is 6.08. The van der Waals surface area contributed by atoms with Gasteiger partial charge in [-0.1, -0.05) is 26.0 Å². The lowest BCUT2D eigenvalue weighted by Crippen LogP contribution is -2.36. The van der Waals surface area contributed by atoms with E-state index >= 15 is 0 Å². The van der Waals surface area contributed by atoms with Gasteiger partial charge in [0.05, 0.1) is 35.0 Å². The summed E-state index contributed by atoms with van der Waals surface area (Å²) >= 11 is 0. The molecule has 1 heterocycles. The fraction of sp³-hybridized carbons (Fsp3) is 0.350. The molecular formula is C20H24N2O5S. The van der Waals surface area contributed by atoms with Crippen LogP contribution >= 0.6 is 0 Å². The lowest BCUT2D eigenvalue weighted by Gasteiger charge is -2.30. The standard InChI is InChI=1S/C20H24N2O5S/c1-14(2)15-3-6-17(7-4-15)28(25,26)21-18-13-16(20(23)24)5-8-19(18)22-9-11-27-12-10-22/h3-8,13-14,21H,9-12H2,1-2H3,(H,23,24). The first-order valence-corrected chi connectivity index (χ1v) is 10.6. The largest absolute Gasteiger partial charge is 0.478 e. The van der Waals surface area contributed by atoms with Crippen LogP contribution in [0.4, 0.5) is 11.4 Å². The van der Waals surface area contributed by atoms with Gasteiger partial charge in [-0.2, -0.15) is 0 Å². The summed E-state index contributed by atoms with van der Waals surface area (Å²) in [5.74, 6) is -0.819. The molecule has 7 nitrogen and oxygen atoms in total. The second-order valence-electron chi connectivity index (χ2n) is 6.97. The number of hydrogen-bond donors (Lipinski definition) is 2. The van der Waals surface area contributed by atoms with Gasteiger partial charge >= 0.3 is 5.97 Å². The highest BCUT2D eigenvalue weighted by Crippen LogP contribution is 2.30. The molecule has 8 heteroatoms. The van der Waals surface area contributed by atoms with E-state index in [1.165, 1.54) is 12.1 Å². The van der Waals surface area contributed by atoms with Crippen LogP contribution in [0, 0.1) is 0 Å². The molecule has 0 aromatic heterocycles. The summed E-state index contributed by atoms with van der Waals surface area (Å²) in [7, 11) is -3.86. The Bertz CT molecular complexity index is 949. The molecule has 2 N–H and O–H groups in total. The molecule has 0 saturated carbocycles. The highest BCUT2D eigenvalue weighted by molar-refractivity contribution is 7.92. The topological polar surface area (TPSA) is 95.9 Å². The SMILES string of the molecule is CC(C)c1ccc(S(=O)(=O)Nc2cc(C(=O)O)ccc2N2CCOCC2)cc1. The zero-order valence-electron chi connectivity index (χ0n) is 15.9. The Morgan fingerprint density at radius 3 is 2.32 bits per heavy atom. The summed E-state index contributed by atoms with van der Waals surface area (Å²) in [6.07, 6.45) is 0. The van der Waals surface area contributed by atoms with Gasteiger partial charge in [0.2, 0.25) is 0 Å². The van der Waals surface area contributed by atoms with Crippen molar-refractivity contribution in [3.8, 4) is 0 Å². The number of nitrogens with zero attached hydrogens (tertiary/aromatic N) is 1. The molecule has 1 fully saturated rings. The van der Waals surface area contributed by atoms with Crippen molar-refractivity contribution < 1.29 is 23.1 Å². The Kier molecular flexibility index (Phi) is 5.90. The molecular weight excluding hydrogens is 380 g/mol. The van der Waals surface area contributed by atoms with E-state index in [4.69, 9.17) is 4.74 Å². The van der Waals surface area contributed by atoms with Crippen LogP contribution in [-0.4, -0.2) is 45.8 Å². The number of carboxylic acids is 1. The molecule has 0 bridgehead atoms. The van der Waals surface area contributed by atoms with Gasteiger partial charge in [-0.05, 0) is 41.8 Å². The minimum Gasteiger partial charge on any atom is -0.478 e. The van der Waals surface area contributed by atoms with Crippen molar-refractivity contribution in [1.29, 1.82) is 0 Å². The first-order valence-electron chi connectivity index (χ1n) is 9.11. The summed E-state index contributed by atoms with van der Waals surface area (Å²) in [5, 5.41) is 9.30. The predicted molar refractivity (Wildman–Crippen MR) is 108 cm³/mol. The van der Waals surface area contributed by atoms with Gasteiger partial charge in [-0.15, -0.1) is 0 Å². The molecule has 1 saturated heterocycles. The number of hydrogen-bond acceptors (Lipinski definition) is 5. The number of anilines is 2. The zero-order valence-corrected chi connectivity index (χ0v) is 16.7. The molecule has 1 aliphatic rings. The number of carbonyl (C=O) groups is 1. The van der Waals surface area contributed by atoms with Crippen LogP contribution in [0.15, 0.2) is 47.4 Å². The zero-order chi connectivity index (χ0) is 20.3. The maximum Gasteiger partial charge on any atom is 0.335 e. The smallest absolute Gasteiger partial charge is 0.335 e. The Morgan fingerprint density at radius 1 is 1.11 bits per heavy atom. The second kappa shape index (κ2) is 8.20. The van der Waals surface area contributed by atoms with Crippen molar-refractivity contribution in [2.45, 2.75) is 24.7 Å². The number of carboxylic acid groups (broad SMARTS) is 1. The van der Waals surface area contributed by atoms with E-state index in [0.29, 0.717) is 37.9 Å². The minimum absolute atomic E-state index is 0.0184. The van der Waals surface area contributed by atoms with Crippen LogP contribution in [-0.2, 0) is 14.8 Å². The van der Waals surface area contributed by atoms with Crippen molar-refractivity contribution in [2.24, 2.45) is 0 Å². The van der Waals surface area contributed by atoms with Gasteiger partial charge in [0.15, 0.2) is 0 Å². The van der Waals surface area contributed by atoms with Crippen LogP contribution in [0.5, 0.6) is 0 Å². The van der Waals surface area contributed by atoms with E-state index in [1.807, 2.05) is 18.7 Å². The Hall–Kier alpha value is -2.58. The van der Waals surface area contributed by atoms with E-state index in [9.17, 15) is 18.3 Å². The molecule has 0 aliphatic carbocycles. The average molecular weight is 404 g/mol. The fourth-order valence-corrected chi connectivity index (χ4v) is 4.13. The molecule has 0 radical (unpaired) electrons. The van der Waals surface area contributed by atoms with E-state index in [0.717, 1.165) is 5.56 Å². The fourth-order valence-electron chi connectivity index (χ4n) is 3.07. The highest BCUT2D eigenvalue weighted by Gasteiger charge is 2.21. The number of aromatic carboxylic acids is 1. The number of ether oxygens (including phenoxy) is 1. The number of nitrogens with one attached hydrogen (secondary N) is 1. The summed E-state index contributed by atoms with van der Waals surface area (Å²) in [5.41, 5.74) is 1.94. The molecule has 28 heavy (non-hydrogen) atoms. The Labute approximate surface area is 165 Å². The molecule has 2 aromatic rings. The Balaban J connectivity index is 1.96. The van der Waals surface area contributed by atoms with Crippen LogP contribution in [0.1, 0.15) is 35.7 Å². The van der Waals surface area contributed by atoms with E-state index < -0.39 is 16.0 Å².